The van der Waals surface area contributed by atoms with E-state index < -0.39 is 0 Å². The molecule has 146 valence electrons. The van der Waals surface area contributed by atoms with Crippen LogP contribution < -0.4 is 15.2 Å². The number of methoxy groups -OCH3 is 1. The van der Waals surface area contributed by atoms with E-state index in [1.807, 2.05) is 67.3 Å². The van der Waals surface area contributed by atoms with Crippen LogP contribution in [0, 0.1) is 5.92 Å². The summed E-state index contributed by atoms with van der Waals surface area (Å²) in [6.07, 6.45) is 0.786. The average Bonchev–Trinajstić information content (AvgIpc) is 2.70. The Balaban J connectivity index is 2.09. The van der Waals surface area contributed by atoms with Crippen LogP contribution in [-0.4, -0.2) is 31.0 Å². The molecule has 0 bridgehead atoms. The zero-order valence-electron chi connectivity index (χ0n) is 16.5. The van der Waals surface area contributed by atoms with Crippen molar-refractivity contribution in [3.8, 4) is 11.5 Å². The summed E-state index contributed by atoms with van der Waals surface area (Å²) in [4.78, 5) is 14.3. The molecule has 5 heteroatoms. The lowest BCUT2D eigenvalue weighted by atomic mass is 10.1. The molecular formula is C22H30N2O3. The van der Waals surface area contributed by atoms with Gasteiger partial charge in [0.1, 0.15) is 6.61 Å². The summed E-state index contributed by atoms with van der Waals surface area (Å²) in [5.41, 5.74) is 7.72. The number of nitrogens with two attached hydrogens (primary N) is 1. The Kier molecular flexibility index (Phi) is 8.14. The minimum absolute atomic E-state index is 0.0434. The SMILES string of the molecule is COc1cc(CN(CCCN)C(=O)C(C)C)ccc1OCc1ccccc1. The maximum atomic E-state index is 12.5. The van der Waals surface area contributed by atoms with Crippen LogP contribution in [0.5, 0.6) is 11.5 Å². The van der Waals surface area contributed by atoms with Crippen molar-refractivity contribution in [2.75, 3.05) is 20.2 Å². The van der Waals surface area contributed by atoms with E-state index in [1.165, 1.54) is 0 Å². The predicted molar refractivity (Wildman–Crippen MR) is 108 cm³/mol. The summed E-state index contributed by atoms with van der Waals surface area (Å²) in [6.45, 7) is 6.06. The van der Waals surface area contributed by atoms with Gasteiger partial charge in [-0.05, 0) is 36.2 Å². The highest BCUT2D eigenvalue weighted by atomic mass is 16.5. The number of carbonyl (C=O) groups excluding carboxylic acids is 1. The number of amides is 1. The van der Waals surface area contributed by atoms with E-state index in [2.05, 4.69) is 0 Å². The first-order valence-electron chi connectivity index (χ1n) is 9.37. The van der Waals surface area contributed by atoms with Crippen molar-refractivity contribution in [1.29, 1.82) is 0 Å². The van der Waals surface area contributed by atoms with Crippen LogP contribution in [0.25, 0.3) is 0 Å². The number of benzene rings is 2. The minimum atomic E-state index is -0.0434. The van der Waals surface area contributed by atoms with E-state index in [4.69, 9.17) is 15.2 Å². The summed E-state index contributed by atoms with van der Waals surface area (Å²) in [5.74, 6) is 1.44. The topological polar surface area (TPSA) is 64.8 Å². The fourth-order valence-electron chi connectivity index (χ4n) is 2.80. The molecule has 1 amide bonds. The van der Waals surface area contributed by atoms with Crippen LogP contribution in [0.2, 0.25) is 0 Å². The Hall–Kier alpha value is -2.53. The fourth-order valence-corrected chi connectivity index (χ4v) is 2.80. The molecule has 0 radical (unpaired) electrons. The predicted octanol–water partition coefficient (Wildman–Crippen LogP) is 3.61. The Morgan fingerprint density at radius 3 is 2.44 bits per heavy atom. The molecular weight excluding hydrogens is 340 g/mol. The molecule has 0 saturated heterocycles. The molecule has 0 aliphatic carbocycles. The van der Waals surface area contributed by atoms with Crippen LogP contribution in [0.4, 0.5) is 0 Å². The van der Waals surface area contributed by atoms with Gasteiger partial charge in [0.15, 0.2) is 11.5 Å². The van der Waals surface area contributed by atoms with Crippen molar-refractivity contribution < 1.29 is 14.3 Å². The maximum absolute atomic E-state index is 12.5. The molecule has 0 fully saturated rings. The van der Waals surface area contributed by atoms with Crippen molar-refractivity contribution in [2.45, 2.75) is 33.4 Å². The lowest BCUT2D eigenvalue weighted by Gasteiger charge is -2.25. The van der Waals surface area contributed by atoms with E-state index >= 15 is 0 Å². The molecule has 0 spiro atoms. The van der Waals surface area contributed by atoms with Crippen LogP contribution in [0.1, 0.15) is 31.4 Å². The number of rotatable bonds is 10. The molecule has 2 aromatic rings. The van der Waals surface area contributed by atoms with Crippen LogP contribution in [-0.2, 0) is 17.9 Å². The van der Waals surface area contributed by atoms with E-state index in [0.29, 0.717) is 37.7 Å². The van der Waals surface area contributed by atoms with Gasteiger partial charge in [-0.25, -0.2) is 0 Å². The van der Waals surface area contributed by atoms with Gasteiger partial charge in [-0.3, -0.25) is 4.79 Å². The molecule has 5 nitrogen and oxygen atoms in total. The molecule has 0 saturated carbocycles. The van der Waals surface area contributed by atoms with Gasteiger partial charge in [0, 0.05) is 19.0 Å². The first kappa shape index (κ1) is 20.8. The maximum Gasteiger partial charge on any atom is 0.225 e. The summed E-state index contributed by atoms with van der Waals surface area (Å²) < 4.78 is 11.4. The number of carbonyl (C=O) groups is 1. The van der Waals surface area contributed by atoms with Gasteiger partial charge < -0.3 is 20.1 Å². The highest BCUT2D eigenvalue weighted by Gasteiger charge is 2.18. The Morgan fingerprint density at radius 2 is 1.81 bits per heavy atom. The van der Waals surface area contributed by atoms with Gasteiger partial charge in [0.25, 0.3) is 0 Å². The molecule has 2 rings (SSSR count). The zero-order valence-corrected chi connectivity index (χ0v) is 16.5. The van der Waals surface area contributed by atoms with Crippen LogP contribution in [0.3, 0.4) is 0 Å². The minimum Gasteiger partial charge on any atom is -0.493 e. The Morgan fingerprint density at radius 1 is 1.07 bits per heavy atom. The third-order valence-corrected chi connectivity index (χ3v) is 4.28. The smallest absolute Gasteiger partial charge is 0.225 e. The Labute approximate surface area is 162 Å². The average molecular weight is 370 g/mol. The molecule has 0 aromatic heterocycles. The Bertz CT molecular complexity index is 717. The van der Waals surface area contributed by atoms with E-state index in [9.17, 15) is 4.79 Å². The molecule has 2 aromatic carbocycles. The highest BCUT2D eigenvalue weighted by molar-refractivity contribution is 5.78. The van der Waals surface area contributed by atoms with Gasteiger partial charge in [-0.15, -0.1) is 0 Å². The second kappa shape index (κ2) is 10.6. The lowest BCUT2D eigenvalue weighted by molar-refractivity contribution is -0.135. The van der Waals surface area contributed by atoms with Gasteiger partial charge in [-0.2, -0.15) is 0 Å². The van der Waals surface area contributed by atoms with Crippen LogP contribution in [0.15, 0.2) is 48.5 Å². The summed E-state index contributed by atoms with van der Waals surface area (Å²) in [7, 11) is 1.62. The molecule has 0 atom stereocenters. The first-order valence-corrected chi connectivity index (χ1v) is 9.37. The number of hydrogen-bond donors (Lipinski definition) is 1. The normalized spacial score (nSPS) is 10.7. The second-order valence-corrected chi connectivity index (χ2v) is 6.82. The van der Waals surface area contributed by atoms with Gasteiger partial charge >= 0.3 is 0 Å². The summed E-state index contributed by atoms with van der Waals surface area (Å²) in [5, 5.41) is 0. The largest absolute Gasteiger partial charge is 0.493 e. The molecule has 0 aliphatic rings. The molecule has 0 aliphatic heterocycles. The lowest BCUT2D eigenvalue weighted by Crippen LogP contribution is -2.35. The van der Waals surface area contributed by atoms with Crippen molar-refractivity contribution in [3.63, 3.8) is 0 Å². The van der Waals surface area contributed by atoms with E-state index in [0.717, 1.165) is 17.5 Å². The molecule has 27 heavy (non-hydrogen) atoms. The monoisotopic (exact) mass is 370 g/mol. The summed E-state index contributed by atoms with van der Waals surface area (Å²) >= 11 is 0. The van der Waals surface area contributed by atoms with Gasteiger partial charge in [0.2, 0.25) is 5.91 Å². The van der Waals surface area contributed by atoms with Crippen molar-refractivity contribution in [1.82, 2.24) is 4.90 Å². The molecule has 0 unspecified atom stereocenters. The quantitative estimate of drug-likeness (QED) is 0.694. The molecule has 2 N–H and O–H groups in total. The van der Waals surface area contributed by atoms with E-state index in [1.54, 1.807) is 7.11 Å². The standard InChI is InChI=1S/C22H30N2O3/c1-17(2)22(25)24(13-7-12-23)15-19-10-11-20(21(14-19)26-3)27-16-18-8-5-4-6-9-18/h4-6,8-11,14,17H,7,12-13,15-16,23H2,1-3H3. The number of ether oxygens (including phenoxy) is 2. The number of hydrogen-bond acceptors (Lipinski definition) is 4. The van der Waals surface area contributed by atoms with Crippen molar-refractivity contribution in [3.05, 3.63) is 59.7 Å². The first-order chi connectivity index (χ1) is 13.0. The van der Waals surface area contributed by atoms with Crippen molar-refractivity contribution >= 4 is 5.91 Å². The summed E-state index contributed by atoms with van der Waals surface area (Å²) in [6, 6.07) is 15.8. The van der Waals surface area contributed by atoms with Gasteiger partial charge in [0.05, 0.1) is 7.11 Å². The van der Waals surface area contributed by atoms with E-state index in [-0.39, 0.29) is 11.8 Å². The number of nitrogens with zero attached hydrogens (tertiary/aromatic N) is 1. The third-order valence-electron chi connectivity index (χ3n) is 4.28. The highest BCUT2D eigenvalue weighted by Crippen LogP contribution is 2.29. The fraction of sp³-hybridized carbons (Fsp3) is 0.409. The molecule has 0 heterocycles. The van der Waals surface area contributed by atoms with Crippen LogP contribution >= 0.6 is 0 Å². The zero-order chi connectivity index (χ0) is 19.6. The second-order valence-electron chi connectivity index (χ2n) is 6.82. The third kappa shape index (κ3) is 6.29. The van der Waals surface area contributed by atoms with Gasteiger partial charge in [-0.1, -0.05) is 50.2 Å². The van der Waals surface area contributed by atoms with Crippen molar-refractivity contribution in [2.24, 2.45) is 11.7 Å².